The Morgan fingerprint density at radius 1 is 1.21 bits per heavy atom. The van der Waals surface area contributed by atoms with Gasteiger partial charge in [-0.05, 0) is 35.9 Å². The highest BCUT2D eigenvalue weighted by Gasteiger charge is 2.19. The number of anilines is 1. The summed E-state index contributed by atoms with van der Waals surface area (Å²) >= 11 is 11.8. The van der Waals surface area contributed by atoms with Crippen molar-refractivity contribution in [2.75, 3.05) is 18.1 Å². The van der Waals surface area contributed by atoms with Crippen LogP contribution < -0.4 is 4.90 Å². The van der Waals surface area contributed by atoms with Crippen molar-refractivity contribution in [3.05, 3.63) is 70.0 Å². The highest BCUT2D eigenvalue weighted by Crippen LogP contribution is 2.22. The molecule has 1 amide bonds. The normalized spacial score (nSPS) is 10.5. The van der Waals surface area contributed by atoms with Crippen LogP contribution in [0.25, 0.3) is 6.08 Å². The fourth-order valence-electron chi connectivity index (χ4n) is 2.27. The van der Waals surface area contributed by atoms with Crippen LogP contribution in [0, 0.1) is 17.1 Å². The average molecular weight is 421 g/mol. The van der Waals surface area contributed by atoms with Gasteiger partial charge in [0.1, 0.15) is 5.82 Å². The standard InChI is InChI=1S/C20H15Cl2FN2O3/c21-15-8-6-14(16(22)12-15)7-9-20(27)28-13-19(26)25(11-3-10-24)18-5-2-1-4-17(18)23/h1-2,4-9,12H,3,11,13H2/b9-7+. The molecule has 0 unspecified atom stereocenters. The first kappa shape index (κ1) is 21.4. The van der Waals surface area contributed by atoms with Crippen molar-refractivity contribution in [1.82, 2.24) is 0 Å². The van der Waals surface area contributed by atoms with Crippen LogP contribution in [0.5, 0.6) is 0 Å². The quantitative estimate of drug-likeness (QED) is 0.483. The molecule has 8 heteroatoms. The van der Waals surface area contributed by atoms with E-state index in [1.807, 2.05) is 6.07 Å². The van der Waals surface area contributed by atoms with Crippen molar-refractivity contribution in [2.45, 2.75) is 6.42 Å². The number of rotatable bonds is 7. The second-order valence-corrected chi connectivity index (χ2v) is 6.36. The Labute approximate surface area is 171 Å². The van der Waals surface area contributed by atoms with E-state index in [4.69, 9.17) is 33.2 Å². The van der Waals surface area contributed by atoms with E-state index in [0.717, 1.165) is 11.0 Å². The van der Waals surface area contributed by atoms with Crippen LogP contribution in [-0.2, 0) is 14.3 Å². The fraction of sp³-hybridized carbons (Fsp3) is 0.150. The number of hydrogen-bond acceptors (Lipinski definition) is 4. The first-order valence-electron chi connectivity index (χ1n) is 8.14. The monoisotopic (exact) mass is 420 g/mol. The smallest absolute Gasteiger partial charge is 0.331 e. The van der Waals surface area contributed by atoms with Crippen LogP contribution in [-0.4, -0.2) is 25.0 Å². The number of amides is 1. The molecule has 0 saturated carbocycles. The zero-order valence-corrected chi connectivity index (χ0v) is 16.1. The van der Waals surface area contributed by atoms with E-state index >= 15 is 0 Å². The Morgan fingerprint density at radius 2 is 1.96 bits per heavy atom. The summed E-state index contributed by atoms with van der Waals surface area (Å²) in [6.07, 6.45) is 2.55. The Morgan fingerprint density at radius 3 is 2.64 bits per heavy atom. The minimum Gasteiger partial charge on any atom is -0.452 e. The SMILES string of the molecule is N#CCCN(C(=O)COC(=O)/C=C/c1ccc(Cl)cc1Cl)c1ccccc1F. The lowest BCUT2D eigenvalue weighted by Gasteiger charge is -2.21. The van der Waals surface area contributed by atoms with Gasteiger partial charge in [-0.2, -0.15) is 5.26 Å². The summed E-state index contributed by atoms with van der Waals surface area (Å²) in [5, 5.41) is 9.57. The topological polar surface area (TPSA) is 70.4 Å². The summed E-state index contributed by atoms with van der Waals surface area (Å²) in [4.78, 5) is 25.3. The van der Waals surface area contributed by atoms with Gasteiger partial charge in [0.2, 0.25) is 0 Å². The van der Waals surface area contributed by atoms with Gasteiger partial charge in [0.25, 0.3) is 5.91 Å². The maximum atomic E-state index is 14.0. The third-order valence-electron chi connectivity index (χ3n) is 3.59. The van der Waals surface area contributed by atoms with Crippen molar-refractivity contribution >= 4 is 46.8 Å². The molecule has 5 nitrogen and oxygen atoms in total. The molecule has 0 saturated heterocycles. The number of hydrogen-bond donors (Lipinski definition) is 0. The minimum atomic E-state index is -0.770. The predicted molar refractivity (Wildman–Crippen MR) is 105 cm³/mol. The van der Waals surface area contributed by atoms with Gasteiger partial charge >= 0.3 is 5.97 Å². The van der Waals surface area contributed by atoms with Gasteiger partial charge in [0.05, 0.1) is 18.2 Å². The van der Waals surface area contributed by atoms with Crippen LogP contribution in [0.2, 0.25) is 10.0 Å². The van der Waals surface area contributed by atoms with Crippen molar-refractivity contribution in [1.29, 1.82) is 5.26 Å². The number of para-hydroxylation sites is 1. The first-order valence-corrected chi connectivity index (χ1v) is 8.89. The van der Waals surface area contributed by atoms with Gasteiger partial charge in [-0.15, -0.1) is 0 Å². The Kier molecular flexibility index (Phi) is 8.00. The molecular weight excluding hydrogens is 406 g/mol. The van der Waals surface area contributed by atoms with E-state index in [2.05, 4.69) is 0 Å². The van der Waals surface area contributed by atoms with Crippen molar-refractivity contribution in [2.24, 2.45) is 0 Å². The Hall–Kier alpha value is -2.88. The van der Waals surface area contributed by atoms with Crippen molar-refractivity contribution in [3.63, 3.8) is 0 Å². The van der Waals surface area contributed by atoms with Gasteiger partial charge < -0.3 is 9.64 Å². The van der Waals surface area contributed by atoms with Crippen molar-refractivity contribution < 1.29 is 18.7 Å². The second kappa shape index (κ2) is 10.5. The number of nitriles is 1. The van der Waals surface area contributed by atoms with Crippen LogP contribution in [0.1, 0.15) is 12.0 Å². The third-order valence-corrected chi connectivity index (χ3v) is 4.15. The summed E-state index contributed by atoms with van der Waals surface area (Å²) in [6, 6.07) is 12.3. The lowest BCUT2D eigenvalue weighted by atomic mass is 10.2. The van der Waals surface area contributed by atoms with Crippen LogP contribution in [0.4, 0.5) is 10.1 Å². The molecule has 0 aliphatic rings. The summed E-state index contributed by atoms with van der Waals surface area (Å²) < 4.78 is 18.9. The molecular formula is C20H15Cl2FN2O3. The molecule has 0 radical (unpaired) electrons. The van der Waals surface area contributed by atoms with E-state index in [0.29, 0.717) is 15.6 Å². The summed E-state index contributed by atoms with van der Waals surface area (Å²) in [7, 11) is 0. The average Bonchev–Trinajstić information content (AvgIpc) is 2.67. The van der Waals surface area contributed by atoms with E-state index in [9.17, 15) is 14.0 Å². The second-order valence-electron chi connectivity index (χ2n) is 5.51. The number of benzene rings is 2. The number of ether oxygens (including phenoxy) is 1. The molecule has 0 N–H and O–H groups in total. The maximum Gasteiger partial charge on any atom is 0.331 e. The number of esters is 1. The van der Waals surface area contributed by atoms with Crippen LogP contribution >= 0.6 is 23.2 Å². The molecule has 0 fully saturated rings. The largest absolute Gasteiger partial charge is 0.452 e. The fourth-order valence-corrected chi connectivity index (χ4v) is 2.74. The van der Waals surface area contributed by atoms with E-state index in [1.165, 1.54) is 30.3 Å². The molecule has 144 valence electrons. The van der Waals surface area contributed by atoms with Gasteiger partial charge in [-0.25, -0.2) is 9.18 Å². The molecule has 28 heavy (non-hydrogen) atoms. The van der Waals surface area contributed by atoms with Crippen LogP contribution in [0.3, 0.4) is 0 Å². The number of halogens is 3. The lowest BCUT2D eigenvalue weighted by Crippen LogP contribution is -2.36. The summed E-state index contributed by atoms with van der Waals surface area (Å²) in [5.74, 6) is -2.03. The Bertz CT molecular complexity index is 941. The molecule has 0 bridgehead atoms. The zero-order chi connectivity index (χ0) is 20.5. The summed E-state index contributed by atoms with van der Waals surface area (Å²) in [5.41, 5.74) is 0.568. The number of carbonyl (C=O) groups excluding carboxylic acids is 2. The van der Waals surface area contributed by atoms with E-state index in [-0.39, 0.29) is 18.7 Å². The summed E-state index contributed by atoms with van der Waals surface area (Å²) in [6.45, 7) is -0.624. The molecule has 0 spiro atoms. The molecule has 2 aromatic carbocycles. The van der Waals surface area contributed by atoms with Gasteiger partial charge in [0.15, 0.2) is 6.61 Å². The third kappa shape index (κ3) is 6.08. The zero-order valence-electron chi connectivity index (χ0n) is 14.6. The lowest BCUT2D eigenvalue weighted by molar-refractivity contribution is -0.142. The van der Waals surface area contributed by atoms with Gasteiger partial charge in [-0.3, -0.25) is 4.79 Å². The van der Waals surface area contributed by atoms with E-state index in [1.54, 1.807) is 18.2 Å². The molecule has 0 atom stereocenters. The maximum absolute atomic E-state index is 14.0. The number of carbonyl (C=O) groups is 2. The molecule has 0 aromatic heterocycles. The van der Waals surface area contributed by atoms with Gasteiger partial charge in [0, 0.05) is 22.7 Å². The highest BCUT2D eigenvalue weighted by molar-refractivity contribution is 6.35. The molecule has 0 heterocycles. The molecule has 2 aromatic rings. The minimum absolute atomic E-state index is 0.00297. The Balaban J connectivity index is 2.01. The van der Waals surface area contributed by atoms with Crippen molar-refractivity contribution in [3.8, 4) is 6.07 Å². The first-order chi connectivity index (χ1) is 13.4. The highest BCUT2D eigenvalue weighted by atomic mass is 35.5. The molecule has 0 aliphatic carbocycles. The predicted octanol–water partition coefficient (Wildman–Crippen LogP) is 4.64. The molecule has 0 aliphatic heterocycles. The van der Waals surface area contributed by atoms with Crippen LogP contribution in [0.15, 0.2) is 48.5 Å². The van der Waals surface area contributed by atoms with E-state index < -0.39 is 24.3 Å². The van der Waals surface area contributed by atoms with Gasteiger partial charge in [-0.1, -0.05) is 41.4 Å². The molecule has 2 rings (SSSR count). The number of nitrogens with zero attached hydrogens (tertiary/aromatic N) is 2.